The molecule has 0 spiro atoms. The molecular formula is C31H40Br2ClN5O4. The van der Waals surface area contributed by atoms with Gasteiger partial charge in [-0.1, -0.05) is 27.5 Å². The number of carbonyl (C=O) groups is 3. The molecule has 3 aliphatic rings. The number of rotatable bonds is 7. The van der Waals surface area contributed by atoms with Gasteiger partial charge in [0.05, 0.1) is 12.1 Å². The zero-order valence-corrected chi connectivity index (χ0v) is 28.3. The monoisotopic (exact) mass is 739 g/mol. The van der Waals surface area contributed by atoms with Gasteiger partial charge in [-0.25, -0.2) is 0 Å². The summed E-state index contributed by atoms with van der Waals surface area (Å²) in [6.45, 7) is 3.78. The molecule has 2 atom stereocenters. The van der Waals surface area contributed by atoms with Crippen LogP contribution >= 0.6 is 43.5 Å². The van der Waals surface area contributed by atoms with Crippen molar-refractivity contribution in [3.8, 4) is 0 Å². The van der Waals surface area contributed by atoms with Gasteiger partial charge in [0, 0.05) is 45.6 Å². The van der Waals surface area contributed by atoms with Crippen molar-refractivity contribution in [1.29, 1.82) is 0 Å². The largest absolute Gasteiger partial charge is 0.480 e. The van der Waals surface area contributed by atoms with Crippen molar-refractivity contribution in [3.63, 3.8) is 0 Å². The number of carbonyl (C=O) groups excluding carboxylic acids is 2. The fourth-order valence-electron chi connectivity index (χ4n) is 6.49. The molecule has 2 fully saturated rings. The van der Waals surface area contributed by atoms with E-state index >= 15 is 0 Å². The first-order chi connectivity index (χ1) is 20.6. The quantitative estimate of drug-likeness (QED) is 0.324. The summed E-state index contributed by atoms with van der Waals surface area (Å²) in [4.78, 5) is 40.4. The molecule has 234 valence electrons. The van der Waals surface area contributed by atoms with Crippen LogP contribution in [0.15, 0.2) is 33.3 Å². The number of aromatic nitrogens is 1. The van der Waals surface area contributed by atoms with Gasteiger partial charge in [-0.15, -0.1) is 0 Å². The SMILES string of the molecule is CN[C@@H](CC(N)=O)C(=O)O.O=C(CC1CCNCC1)N1CCC([C@H]2c3ncc(Br)cc3CCc3cc(Cl)cc(Br)c32)CC1. The smallest absolute Gasteiger partial charge is 0.321 e. The Morgan fingerprint density at radius 3 is 2.40 bits per heavy atom. The first-order valence-electron chi connectivity index (χ1n) is 14.9. The molecule has 5 rings (SSSR count). The number of aryl methyl sites for hydroxylation is 2. The Kier molecular flexibility index (Phi) is 12.4. The predicted molar refractivity (Wildman–Crippen MR) is 174 cm³/mol. The lowest BCUT2D eigenvalue weighted by atomic mass is 9.76. The Bertz CT molecular complexity index is 1320. The number of nitrogens with two attached hydrogens (primary N) is 1. The number of amides is 2. The van der Waals surface area contributed by atoms with Crippen LogP contribution in [-0.4, -0.2) is 72.0 Å². The zero-order chi connectivity index (χ0) is 31.1. The number of halogens is 3. The normalized spacial score (nSPS) is 19.7. The number of benzene rings is 1. The molecule has 1 aromatic heterocycles. The van der Waals surface area contributed by atoms with Crippen LogP contribution in [0.2, 0.25) is 5.02 Å². The molecule has 9 nitrogen and oxygen atoms in total. The van der Waals surface area contributed by atoms with E-state index in [2.05, 4.69) is 59.5 Å². The van der Waals surface area contributed by atoms with E-state index in [1.54, 1.807) is 0 Å². The minimum Gasteiger partial charge on any atom is -0.480 e. The highest BCUT2D eigenvalue weighted by molar-refractivity contribution is 9.10. The van der Waals surface area contributed by atoms with Crippen molar-refractivity contribution < 1.29 is 19.5 Å². The van der Waals surface area contributed by atoms with E-state index in [1.165, 1.54) is 29.4 Å². The van der Waals surface area contributed by atoms with Gasteiger partial charge in [-0.05, 0) is 121 Å². The van der Waals surface area contributed by atoms with Gasteiger partial charge >= 0.3 is 5.97 Å². The minimum absolute atomic E-state index is 0.175. The highest BCUT2D eigenvalue weighted by Crippen LogP contribution is 2.46. The molecule has 2 aliphatic heterocycles. The van der Waals surface area contributed by atoms with E-state index in [0.717, 1.165) is 78.7 Å². The summed E-state index contributed by atoms with van der Waals surface area (Å²) in [7, 11) is 1.46. The van der Waals surface area contributed by atoms with Crippen molar-refractivity contribution in [3.05, 3.63) is 60.7 Å². The van der Waals surface area contributed by atoms with Crippen LogP contribution in [0.5, 0.6) is 0 Å². The van der Waals surface area contributed by atoms with E-state index < -0.39 is 17.9 Å². The van der Waals surface area contributed by atoms with Crippen molar-refractivity contribution in [2.75, 3.05) is 33.2 Å². The van der Waals surface area contributed by atoms with Crippen molar-refractivity contribution >= 4 is 61.2 Å². The number of likely N-dealkylation sites (tertiary alicyclic amines) is 1. The summed E-state index contributed by atoms with van der Waals surface area (Å²) in [5, 5.41) is 15.0. The van der Waals surface area contributed by atoms with E-state index in [0.29, 0.717) is 24.2 Å². The number of aliphatic carboxylic acids is 1. The van der Waals surface area contributed by atoms with Crippen LogP contribution < -0.4 is 16.4 Å². The molecule has 0 bridgehead atoms. The third kappa shape index (κ3) is 9.00. The van der Waals surface area contributed by atoms with Crippen LogP contribution in [0, 0.1) is 11.8 Å². The second kappa shape index (κ2) is 15.8. The Labute approximate surface area is 275 Å². The molecule has 2 amide bonds. The number of likely N-dealkylation sites (N-methyl/N-ethyl adjacent to an activating group) is 1. The van der Waals surface area contributed by atoms with Gasteiger partial charge in [-0.2, -0.15) is 0 Å². The number of fused-ring (bicyclic) bond motifs is 2. The maximum atomic E-state index is 13.0. The Morgan fingerprint density at radius 2 is 1.79 bits per heavy atom. The molecule has 2 saturated heterocycles. The molecule has 12 heteroatoms. The van der Waals surface area contributed by atoms with E-state index in [1.807, 2.05) is 12.3 Å². The Hall–Kier alpha value is -2.05. The summed E-state index contributed by atoms with van der Waals surface area (Å²) in [5.74, 6) is -0.130. The lowest BCUT2D eigenvalue weighted by Crippen LogP contribution is -2.41. The summed E-state index contributed by atoms with van der Waals surface area (Å²) in [6, 6.07) is 5.52. The average Bonchev–Trinajstić information content (AvgIpc) is 3.13. The fourth-order valence-corrected chi connectivity index (χ4v) is 7.99. The standard InChI is InChI=1S/C26H30Br2ClN3O.C5H10N2O3/c27-20-12-19-2-1-18-13-21(29)14-22(28)24(18)25(26(19)31-15-20)17-5-9-32(10-6-17)23(33)11-16-3-7-30-8-4-16;1-7-3(5(9)10)2-4(6)8/h12-17,25,30H,1-11H2;3,7H,2H2,1H3,(H2,6,8)(H,9,10)/t25-;3-/m10/s1. The van der Waals surface area contributed by atoms with Gasteiger partial charge in [0.1, 0.15) is 6.04 Å². The number of carboxylic acid groups (broad SMARTS) is 1. The second-order valence-corrected chi connectivity index (χ2v) is 13.8. The fraction of sp³-hybridized carbons (Fsp3) is 0.548. The summed E-state index contributed by atoms with van der Waals surface area (Å²) in [6.07, 6.45) is 8.65. The topological polar surface area (TPSA) is 138 Å². The molecule has 0 unspecified atom stereocenters. The van der Waals surface area contributed by atoms with Crippen molar-refractivity contribution in [1.82, 2.24) is 20.5 Å². The number of nitrogens with one attached hydrogen (secondary N) is 2. The second-order valence-electron chi connectivity index (χ2n) is 11.6. The highest BCUT2D eigenvalue weighted by Gasteiger charge is 2.36. The Morgan fingerprint density at radius 1 is 1.12 bits per heavy atom. The van der Waals surface area contributed by atoms with Gasteiger partial charge in [0.25, 0.3) is 0 Å². The molecular weight excluding hydrogens is 702 g/mol. The first kappa shape index (κ1) is 33.8. The number of hydrogen-bond donors (Lipinski definition) is 4. The number of pyridine rings is 1. The first-order valence-corrected chi connectivity index (χ1v) is 16.8. The lowest BCUT2D eigenvalue weighted by molar-refractivity contribution is -0.141. The van der Waals surface area contributed by atoms with Crippen LogP contribution in [-0.2, 0) is 27.2 Å². The molecule has 0 saturated carbocycles. The lowest BCUT2D eigenvalue weighted by Gasteiger charge is -2.37. The summed E-state index contributed by atoms with van der Waals surface area (Å²) in [5.41, 5.74) is 9.93. The molecule has 43 heavy (non-hydrogen) atoms. The molecule has 3 heterocycles. The maximum Gasteiger partial charge on any atom is 0.321 e. The molecule has 5 N–H and O–H groups in total. The van der Waals surface area contributed by atoms with Crippen molar-refractivity contribution in [2.45, 2.75) is 63.3 Å². The minimum atomic E-state index is -1.07. The predicted octanol–water partition coefficient (Wildman–Crippen LogP) is 4.65. The number of hydrogen-bond acceptors (Lipinski definition) is 6. The molecule has 1 aromatic carbocycles. The van der Waals surface area contributed by atoms with E-state index in [9.17, 15) is 14.4 Å². The number of piperidine rings is 2. The Balaban J connectivity index is 0.000000365. The number of nitrogens with zero attached hydrogens (tertiary/aromatic N) is 2. The van der Waals surface area contributed by atoms with Gasteiger partial charge in [-0.3, -0.25) is 19.4 Å². The number of primary amides is 1. The van der Waals surface area contributed by atoms with Crippen LogP contribution in [0.3, 0.4) is 0 Å². The summed E-state index contributed by atoms with van der Waals surface area (Å²) >= 11 is 13.9. The molecule has 0 radical (unpaired) electrons. The maximum absolute atomic E-state index is 13.0. The zero-order valence-electron chi connectivity index (χ0n) is 24.4. The van der Waals surface area contributed by atoms with Crippen LogP contribution in [0.25, 0.3) is 0 Å². The van der Waals surface area contributed by atoms with Gasteiger partial charge in [0.15, 0.2) is 0 Å². The van der Waals surface area contributed by atoms with Crippen LogP contribution in [0.4, 0.5) is 0 Å². The van der Waals surface area contributed by atoms with Crippen molar-refractivity contribution in [2.24, 2.45) is 17.6 Å². The van der Waals surface area contributed by atoms with Crippen LogP contribution in [0.1, 0.15) is 66.8 Å². The van der Waals surface area contributed by atoms with Gasteiger partial charge < -0.3 is 26.4 Å². The number of carboxylic acids is 1. The van der Waals surface area contributed by atoms with Gasteiger partial charge in [0.2, 0.25) is 11.8 Å². The highest BCUT2D eigenvalue weighted by atomic mass is 79.9. The third-order valence-electron chi connectivity index (χ3n) is 8.75. The molecule has 2 aromatic rings. The molecule has 1 aliphatic carbocycles. The van der Waals surface area contributed by atoms with E-state index in [-0.39, 0.29) is 12.3 Å². The summed E-state index contributed by atoms with van der Waals surface area (Å²) < 4.78 is 2.11. The van der Waals surface area contributed by atoms with E-state index in [4.69, 9.17) is 27.4 Å². The third-order valence-corrected chi connectivity index (χ3v) is 10.1. The average molecular weight is 742 g/mol.